The van der Waals surface area contributed by atoms with E-state index in [1.807, 2.05) is 31.2 Å². The van der Waals surface area contributed by atoms with Crippen LogP contribution in [0.4, 0.5) is 10.5 Å². The number of urea groups is 1. The van der Waals surface area contributed by atoms with Gasteiger partial charge in [-0.2, -0.15) is 0 Å². The Kier molecular flexibility index (Phi) is 6.44. The van der Waals surface area contributed by atoms with E-state index in [0.717, 1.165) is 24.1 Å². The number of hydrogen-bond donors (Lipinski definition) is 2. The molecule has 5 nitrogen and oxygen atoms in total. The highest BCUT2D eigenvalue weighted by Gasteiger charge is 2.16. The summed E-state index contributed by atoms with van der Waals surface area (Å²) in [6.45, 7) is 4.46. The summed E-state index contributed by atoms with van der Waals surface area (Å²) >= 11 is 0. The molecule has 0 spiro atoms. The van der Waals surface area contributed by atoms with Crippen molar-refractivity contribution in [1.29, 1.82) is 0 Å². The minimum absolute atomic E-state index is 0.0247. The van der Waals surface area contributed by atoms with Gasteiger partial charge in [-0.15, -0.1) is 0 Å². The summed E-state index contributed by atoms with van der Waals surface area (Å²) < 4.78 is 0. The molecular formula is C18H27N3O2. The average molecular weight is 317 g/mol. The molecule has 126 valence electrons. The largest absolute Gasteiger partial charge is 0.336 e. The van der Waals surface area contributed by atoms with Crippen molar-refractivity contribution in [2.75, 3.05) is 18.0 Å². The predicted molar refractivity (Wildman–Crippen MR) is 92.6 cm³/mol. The first-order valence-electron chi connectivity index (χ1n) is 8.45. The molecular weight excluding hydrogens is 290 g/mol. The maximum atomic E-state index is 11.9. The minimum atomic E-state index is -0.135. The van der Waals surface area contributed by atoms with Gasteiger partial charge in [0.05, 0.1) is 0 Å². The Morgan fingerprint density at radius 2 is 1.78 bits per heavy atom. The van der Waals surface area contributed by atoms with E-state index in [-0.39, 0.29) is 11.9 Å². The first-order valence-corrected chi connectivity index (χ1v) is 8.45. The van der Waals surface area contributed by atoms with E-state index in [4.69, 9.17) is 0 Å². The van der Waals surface area contributed by atoms with Crippen molar-refractivity contribution in [3.05, 3.63) is 29.8 Å². The Labute approximate surface area is 138 Å². The maximum Gasteiger partial charge on any atom is 0.315 e. The van der Waals surface area contributed by atoms with Crippen LogP contribution >= 0.6 is 0 Å². The van der Waals surface area contributed by atoms with Gasteiger partial charge in [0.25, 0.3) is 0 Å². The van der Waals surface area contributed by atoms with Gasteiger partial charge in [-0.25, -0.2) is 4.79 Å². The van der Waals surface area contributed by atoms with Crippen LogP contribution in [0.2, 0.25) is 0 Å². The van der Waals surface area contributed by atoms with Crippen LogP contribution in [-0.4, -0.2) is 31.1 Å². The Bertz CT molecular complexity index is 522. The third kappa shape index (κ3) is 5.58. The van der Waals surface area contributed by atoms with E-state index in [1.54, 1.807) is 11.8 Å². The van der Waals surface area contributed by atoms with Gasteiger partial charge in [0.2, 0.25) is 5.91 Å². The number of carbonyl (C=O) groups excluding carboxylic acids is 2. The topological polar surface area (TPSA) is 61.4 Å². The number of nitrogens with one attached hydrogen (secondary N) is 2. The van der Waals surface area contributed by atoms with Crippen LogP contribution in [0.5, 0.6) is 0 Å². The molecule has 23 heavy (non-hydrogen) atoms. The zero-order chi connectivity index (χ0) is 16.7. The summed E-state index contributed by atoms with van der Waals surface area (Å²) in [6.07, 6.45) is 5.78. The van der Waals surface area contributed by atoms with Crippen molar-refractivity contribution in [1.82, 2.24) is 10.6 Å². The molecule has 1 aromatic carbocycles. The zero-order valence-electron chi connectivity index (χ0n) is 14.1. The van der Waals surface area contributed by atoms with E-state index in [0.29, 0.717) is 19.1 Å². The molecule has 0 unspecified atom stereocenters. The Balaban J connectivity index is 1.78. The summed E-state index contributed by atoms with van der Waals surface area (Å²) in [4.78, 5) is 25.4. The molecule has 2 rings (SSSR count). The van der Waals surface area contributed by atoms with Crippen LogP contribution in [-0.2, 0) is 4.79 Å². The molecule has 0 radical (unpaired) electrons. The van der Waals surface area contributed by atoms with Gasteiger partial charge in [-0.1, -0.05) is 37.0 Å². The number of carbonyl (C=O) groups is 2. The lowest BCUT2D eigenvalue weighted by Gasteiger charge is -2.24. The average Bonchev–Trinajstić information content (AvgIpc) is 2.53. The molecule has 0 saturated heterocycles. The van der Waals surface area contributed by atoms with Crippen molar-refractivity contribution in [2.45, 2.75) is 52.0 Å². The van der Waals surface area contributed by atoms with E-state index < -0.39 is 0 Å². The maximum absolute atomic E-state index is 11.9. The molecule has 0 heterocycles. The molecule has 1 saturated carbocycles. The second-order valence-corrected chi connectivity index (χ2v) is 6.24. The Hall–Kier alpha value is -2.04. The molecule has 0 aromatic heterocycles. The second-order valence-electron chi connectivity index (χ2n) is 6.24. The monoisotopic (exact) mass is 317 g/mol. The zero-order valence-corrected chi connectivity index (χ0v) is 14.1. The van der Waals surface area contributed by atoms with Crippen LogP contribution in [0, 0.1) is 6.92 Å². The fourth-order valence-corrected chi connectivity index (χ4v) is 2.96. The summed E-state index contributed by atoms with van der Waals surface area (Å²) in [6, 6.07) is 7.98. The van der Waals surface area contributed by atoms with Crippen molar-refractivity contribution in [3.63, 3.8) is 0 Å². The van der Waals surface area contributed by atoms with Crippen molar-refractivity contribution >= 4 is 17.6 Å². The van der Waals surface area contributed by atoms with Crippen LogP contribution in [0.3, 0.4) is 0 Å². The molecule has 2 N–H and O–H groups in total. The number of hydrogen-bond acceptors (Lipinski definition) is 2. The Morgan fingerprint density at radius 3 is 2.39 bits per heavy atom. The molecule has 5 heteroatoms. The molecule has 1 fully saturated rings. The number of rotatable bonds is 5. The summed E-state index contributed by atoms with van der Waals surface area (Å²) in [5.74, 6) is -0.0247. The van der Waals surface area contributed by atoms with Crippen molar-refractivity contribution in [3.8, 4) is 0 Å². The lowest BCUT2D eigenvalue weighted by molar-refractivity contribution is -0.116. The van der Waals surface area contributed by atoms with Crippen molar-refractivity contribution in [2.24, 2.45) is 0 Å². The predicted octanol–water partition coefficient (Wildman–Crippen LogP) is 2.98. The molecule has 1 aromatic rings. The van der Waals surface area contributed by atoms with Gasteiger partial charge in [-0.3, -0.25) is 4.79 Å². The van der Waals surface area contributed by atoms with Gasteiger partial charge in [-0.05, 0) is 31.9 Å². The first-order chi connectivity index (χ1) is 11.1. The van der Waals surface area contributed by atoms with Gasteiger partial charge in [0.15, 0.2) is 0 Å². The van der Waals surface area contributed by atoms with Gasteiger partial charge >= 0.3 is 6.03 Å². The highest BCUT2D eigenvalue weighted by molar-refractivity contribution is 5.91. The van der Waals surface area contributed by atoms with E-state index >= 15 is 0 Å². The number of benzene rings is 1. The highest BCUT2D eigenvalue weighted by Crippen LogP contribution is 2.17. The van der Waals surface area contributed by atoms with E-state index in [1.165, 1.54) is 19.3 Å². The SMILES string of the molecule is CC(=O)N(CCNC(=O)NC1CCCCC1)c1ccc(C)cc1. The number of anilines is 1. The standard InChI is InChI=1S/C18H27N3O2/c1-14-8-10-17(11-9-14)21(15(2)22)13-12-19-18(23)20-16-6-4-3-5-7-16/h8-11,16H,3-7,12-13H2,1-2H3,(H2,19,20,23). The second kappa shape index (κ2) is 8.56. The number of amides is 3. The van der Waals surface area contributed by atoms with Gasteiger partial charge in [0.1, 0.15) is 0 Å². The Morgan fingerprint density at radius 1 is 1.13 bits per heavy atom. The first kappa shape index (κ1) is 17.3. The third-order valence-corrected chi connectivity index (χ3v) is 4.29. The summed E-state index contributed by atoms with van der Waals surface area (Å²) in [5.41, 5.74) is 2.01. The van der Waals surface area contributed by atoms with Gasteiger partial charge < -0.3 is 15.5 Å². The minimum Gasteiger partial charge on any atom is -0.336 e. The number of aryl methyl sites for hydroxylation is 1. The van der Waals surface area contributed by atoms with Crippen LogP contribution in [0.25, 0.3) is 0 Å². The third-order valence-electron chi connectivity index (χ3n) is 4.29. The molecule has 3 amide bonds. The normalized spacial score (nSPS) is 15.0. The van der Waals surface area contributed by atoms with Gasteiger partial charge in [0, 0.05) is 31.7 Å². The van der Waals surface area contributed by atoms with Crippen LogP contribution in [0.1, 0.15) is 44.6 Å². The summed E-state index contributed by atoms with van der Waals surface area (Å²) in [5, 5.41) is 5.87. The lowest BCUT2D eigenvalue weighted by Crippen LogP contribution is -2.45. The van der Waals surface area contributed by atoms with Crippen LogP contribution < -0.4 is 15.5 Å². The molecule has 0 aliphatic heterocycles. The molecule has 1 aliphatic carbocycles. The molecule has 1 aliphatic rings. The fraction of sp³-hybridized carbons (Fsp3) is 0.556. The van der Waals surface area contributed by atoms with Crippen LogP contribution in [0.15, 0.2) is 24.3 Å². The summed E-state index contributed by atoms with van der Waals surface area (Å²) in [7, 11) is 0. The molecule has 0 atom stereocenters. The fourth-order valence-electron chi connectivity index (χ4n) is 2.96. The highest BCUT2D eigenvalue weighted by atomic mass is 16.2. The molecule has 0 bridgehead atoms. The smallest absolute Gasteiger partial charge is 0.315 e. The quantitative estimate of drug-likeness (QED) is 0.877. The van der Waals surface area contributed by atoms with E-state index in [2.05, 4.69) is 10.6 Å². The number of nitrogens with zero attached hydrogens (tertiary/aromatic N) is 1. The van der Waals surface area contributed by atoms with Crippen molar-refractivity contribution < 1.29 is 9.59 Å². The lowest BCUT2D eigenvalue weighted by atomic mass is 9.96. The van der Waals surface area contributed by atoms with E-state index in [9.17, 15) is 9.59 Å².